The maximum Gasteiger partial charge on any atom is 0.334 e. The average molecular weight is 390 g/mol. The molecule has 7 nitrogen and oxygen atoms in total. The number of hydrogen-bond donors (Lipinski definition) is 0. The third-order valence-electron chi connectivity index (χ3n) is 6.03. The quantitative estimate of drug-likeness (QED) is 0.308. The van der Waals surface area contributed by atoms with E-state index in [1.165, 1.54) is 7.11 Å². The van der Waals surface area contributed by atoms with Crippen LogP contribution < -0.4 is 0 Å². The molecule has 5 unspecified atom stereocenters. The summed E-state index contributed by atoms with van der Waals surface area (Å²) in [5, 5.41) is 0. The predicted molar refractivity (Wildman–Crippen MR) is 98.2 cm³/mol. The molecule has 0 aromatic heterocycles. The van der Waals surface area contributed by atoms with Crippen LogP contribution in [0.5, 0.6) is 0 Å². The van der Waals surface area contributed by atoms with E-state index in [0.717, 1.165) is 5.57 Å². The molecular formula is C21H26O7. The Morgan fingerprint density at radius 3 is 2.64 bits per heavy atom. The molecule has 0 N–H and O–H groups in total. The largest absolute Gasteiger partial charge is 0.468 e. The van der Waals surface area contributed by atoms with Crippen LogP contribution in [0, 0.1) is 11.8 Å². The van der Waals surface area contributed by atoms with Crippen LogP contribution in [0.3, 0.4) is 0 Å². The van der Waals surface area contributed by atoms with E-state index in [9.17, 15) is 19.2 Å². The Morgan fingerprint density at radius 1 is 1.29 bits per heavy atom. The van der Waals surface area contributed by atoms with E-state index < -0.39 is 41.8 Å². The first-order chi connectivity index (χ1) is 13.2. The molecule has 1 aliphatic carbocycles. The fraction of sp³-hybridized carbons (Fsp3) is 0.619. The number of rotatable bonds is 2. The Hall–Kier alpha value is -2.28. The van der Waals surface area contributed by atoms with Gasteiger partial charge in [0.25, 0.3) is 0 Å². The Kier molecular flexibility index (Phi) is 5.57. The standard InChI is InChI=1S/C21H26O7/c1-11(2)12-5-6-13-7-14(27-19(13)24)9-15(20(25)26-4)16(22)10-17(23)21(3)18(8-12)28-21/h6,12,14-15,18H,1,5,7-10H2,2-4H3. The summed E-state index contributed by atoms with van der Waals surface area (Å²) in [6.07, 6.45) is 2.03. The van der Waals surface area contributed by atoms with Crippen LogP contribution in [0.2, 0.25) is 0 Å². The third kappa shape index (κ3) is 3.94. The van der Waals surface area contributed by atoms with Gasteiger partial charge < -0.3 is 14.2 Å². The first-order valence-electron chi connectivity index (χ1n) is 9.52. The molecule has 3 aliphatic rings. The molecule has 0 aromatic rings. The number of epoxide rings is 1. The lowest BCUT2D eigenvalue weighted by Gasteiger charge is -2.18. The maximum atomic E-state index is 12.7. The Bertz CT molecular complexity index is 765. The van der Waals surface area contributed by atoms with E-state index in [0.29, 0.717) is 24.8 Å². The van der Waals surface area contributed by atoms with Crippen molar-refractivity contribution in [2.75, 3.05) is 7.11 Å². The van der Waals surface area contributed by atoms with Crippen LogP contribution in [-0.4, -0.2) is 48.4 Å². The van der Waals surface area contributed by atoms with Gasteiger partial charge in [-0.05, 0) is 32.6 Å². The van der Waals surface area contributed by atoms with Crippen LogP contribution in [-0.2, 0) is 33.4 Å². The van der Waals surface area contributed by atoms with Gasteiger partial charge in [-0.25, -0.2) is 4.79 Å². The number of hydrogen-bond acceptors (Lipinski definition) is 7. The zero-order chi connectivity index (χ0) is 20.6. The van der Waals surface area contributed by atoms with Crippen molar-refractivity contribution >= 4 is 23.5 Å². The molecule has 2 bridgehead atoms. The van der Waals surface area contributed by atoms with Crippen LogP contribution in [0.15, 0.2) is 23.8 Å². The molecule has 2 saturated heterocycles. The van der Waals surface area contributed by atoms with Gasteiger partial charge in [0.1, 0.15) is 12.0 Å². The molecule has 2 aliphatic heterocycles. The number of esters is 2. The summed E-state index contributed by atoms with van der Waals surface area (Å²) in [4.78, 5) is 49.7. The van der Waals surface area contributed by atoms with Crippen LogP contribution in [0.4, 0.5) is 0 Å². The van der Waals surface area contributed by atoms with Gasteiger partial charge in [0, 0.05) is 18.4 Å². The highest BCUT2D eigenvalue weighted by atomic mass is 16.6. The Labute approximate surface area is 164 Å². The molecule has 5 atom stereocenters. The molecule has 2 fully saturated rings. The fourth-order valence-electron chi connectivity index (χ4n) is 3.94. The van der Waals surface area contributed by atoms with Crippen LogP contribution >= 0.6 is 0 Å². The van der Waals surface area contributed by atoms with E-state index in [-0.39, 0.29) is 24.2 Å². The first-order valence-corrected chi connectivity index (χ1v) is 9.52. The molecular weight excluding hydrogens is 364 g/mol. The molecule has 0 radical (unpaired) electrons. The molecule has 0 spiro atoms. The van der Waals surface area contributed by atoms with Crippen molar-refractivity contribution in [2.24, 2.45) is 11.8 Å². The van der Waals surface area contributed by atoms with Crippen molar-refractivity contribution < 1.29 is 33.4 Å². The number of carbonyl (C=O) groups is 4. The molecule has 0 saturated carbocycles. The number of Topliss-reactive ketones (excluding diaryl/α,β-unsaturated/α-hetero) is 2. The SMILES string of the molecule is C=C(C)C1CC=C2CC(CC(C(=O)OC)C(=O)CC(=O)C3(C)OC3C1)OC2=O. The van der Waals surface area contributed by atoms with Crippen molar-refractivity contribution in [3.05, 3.63) is 23.8 Å². The number of carbonyl (C=O) groups excluding carboxylic acids is 4. The smallest absolute Gasteiger partial charge is 0.334 e. The normalized spacial score (nSPS) is 36.0. The minimum absolute atomic E-state index is 0.00673. The Morgan fingerprint density at radius 2 is 2.00 bits per heavy atom. The van der Waals surface area contributed by atoms with Crippen molar-refractivity contribution in [1.82, 2.24) is 0 Å². The molecule has 3 rings (SSSR count). The topological polar surface area (TPSA) is 99.3 Å². The van der Waals surface area contributed by atoms with E-state index in [2.05, 4.69) is 6.58 Å². The lowest BCUT2D eigenvalue weighted by molar-refractivity contribution is -0.153. The first kappa shape index (κ1) is 20.5. The zero-order valence-electron chi connectivity index (χ0n) is 16.5. The van der Waals surface area contributed by atoms with Crippen molar-refractivity contribution in [3.63, 3.8) is 0 Å². The second-order valence-corrected chi connectivity index (χ2v) is 8.07. The minimum atomic E-state index is -1.14. The third-order valence-corrected chi connectivity index (χ3v) is 6.03. The van der Waals surface area contributed by atoms with Crippen molar-refractivity contribution in [1.29, 1.82) is 0 Å². The second kappa shape index (κ2) is 7.62. The van der Waals surface area contributed by atoms with E-state index in [1.807, 2.05) is 13.0 Å². The van der Waals surface area contributed by atoms with E-state index in [1.54, 1.807) is 6.92 Å². The molecule has 0 aromatic carbocycles. The maximum absolute atomic E-state index is 12.7. The summed E-state index contributed by atoms with van der Waals surface area (Å²) >= 11 is 0. The highest BCUT2D eigenvalue weighted by molar-refractivity contribution is 6.10. The Balaban J connectivity index is 1.90. The summed E-state index contributed by atoms with van der Waals surface area (Å²) in [6, 6.07) is 0. The highest BCUT2D eigenvalue weighted by Crippen LogP contribution is 2.44. The van der Waals surface area contributed by atoms with Gasteiger partial charge in [-0.3, -0.25) is 14.4 Å². The predicted octanol–water partition coefficient (Wildman–Crippen LogP) is 2.08. The highest BCUT2D eigenvalue weighted by Gasteiger charge is 2.58. The van der Waals surface area contributed by atoms with Gasteiger partial charge in [0.2, 0.25) is 0 Å². The van der Waals surface area contributed by atoms with Gasteiger partial charge in [0.15, 0.2) is 17.2 Å². The van der Waals surface area contributed by atoms with Crippen LogP contribution in [0.25, 0.3) is 0 Å². The summed E-state index contributed by atoms with van der Waals surface area (Å²) in [5.74, 6) is -3.11. The summed E-state index contributed by atoms with van der Waals surface area (Å²) < 4.78 is 15.7. The number of allylic oxidation sites excluding steroid dienone is 2. The lowest BCUT2D eigenvalue weighted by atomic mass is 9.84. The molecule has 2 heterocycles. The van der Waals surface area contributed by atoms with Gasteiger partial charge in [-0.15, -0.1) is 0 Å². The number of methoxy groups -OCH3 is 1. The van der Waals surface area contributed by atoms with Gasteiger partial charge in [0.05, 0.1) is 19.6 Å². The second-order valence-electron chi connectivity index (χ2n) is 8.07. The number of ether oxygens (including phenoxy) is 3. The summed E-state index contributed by atoms with van der Waals surface area (Å²) in [6.45, 7) is 7.60. The van der Waals surface area contributed by atoms with Gasteiger partial charge in [-0.2, -0.15) is 0 Å². The monoisotopic (exact) mass is 390 g/mol. The van der Waals surface area contributed by atoms with Crippen molar-refractivity contribution in [2.45, 2.75) is 63.8 Å². The number of ketones is 2. The number of fused-ring (bicyclic) bond motifs is 3. The minimum Gasteiger partial charge on any atom is -0.468 e. The summed E-state index contributed by atoms with van der Waals surface area (Å²) in [7, 11) is 1.19. The zero-order valence-corrected chi connectivity index (χ0v) is 16.5. The molecule has 28 heavy (non-hydrogen) atoms. The molecule has 0 amide bonds. The molecule has 152 valence electrons. The fourth-order valence-corrected chi connectivity index (χ4v) is 3.94. The molecule has 7 heteroatoms. The van der Waals surface area contributed by atoms with Gasteiger partial charge >= 0.3 is 11.9 Å². The van der Waals surface area contributed by atoms with Crippen molar-refractivity contribution in [3.8, 4) is 0 Å². The average Bonchev–Trinajstić information content (AvgIpc) is 3.17. The van der Waals surface area contributed by atoms with Crippen LogP contribution in [0.1, 0.15) is 46.0 Å². The van der Waals surface area contributed by atoms with E-state index in [4.69, 9.17) is 14.2 Å². The lowest BCUT2D eigenvalue weighted by Crippen LogP contribution is -2.34. The van der Waals surface area contributed by atoms with Gasteiger partial charge in [-0.1, -0.05) is 18.2 Å². The van der Waals surface area contributed by atoms with E-state index >= 15 is 0 Å². The summed E-state index contributed by atoms with van der Waals surface area (Å²) in [5.41, 5.74) is 0.464.